The van der Waals surface area contributed by atoms with E-state index in [2.05, 4.69) is 14.9 Å². The Balaban J connectivity index is 2.38. The lowest BCUT2D eigenvalue weighted by molar-refractivity contribution is 0.124. The maximum Gasteiger partial charge on any atom is 0.139 e. The molecule has 5 nitrogen and oxygen atoms in total. The van der Waals surface area contributed by atoms with E-state index in [1.807, 2.05) is 32.2 Å². The smallest absolute Gasteiger partial charge is 0.139 e. The molecule has 5 heteroatoms. The largest absolute Gasteiger partial charge is 0.399 e. The summed E-state index contributed by atoms with van der Waals surface area (Å²) in [6.07, 6.45) is 1.71. The lowest BCUT2D eigenvalue weighted by Crippen LogP contribution is -2.29. The number of nitrogens with two attached hydrogens (primary N) is 1. The van der Waals surface area contributed by atoms with Crippen LogP contribution in [0.2, 0.25) is 0 Å². The number of benzene rings is 1. The van der Waals surface area contributed by atoms with Gasteiger partial charge < -0.3 is 15.4 Å². The maximum absolute atomic E-state index is 5.76. The summed E-state index contributed by atoms with van der Waals surface area (Å²) in [6, 6.07) is 5.67. The number of ether oxygens (including phenoxy) is 1. The zero-order valence-corrected chi connectivity index (χ0v) is 10.9. The van der Waals surface area contributed by atoms with Crippen molar-refractivity contribution < 1.29 is 4.74 Å². The van der Waals surface area contributed by atoms with Crippen LogP contribution in [-0.4, -0.2) is 36.8 Å². The van der Waals surface area contributed by atoms with Crippen LogP contribution in [0.4, 0.5) is 11.5 Å². The van der Waals surface area contributed by atoms with Gasteiger partial charge >= 0.3 is 0 Å². The molecule has 0 amide bonds. The van der Waals surface area contributed by atoms with Gasteiger partial charge in [0.15, 0.2) is 0 Å². The van der Waals surface area contributed by atoms with E-state index in [1.165, 1.54) is 0 Å². The second-order valence-electron chi connectivity index (χ2n) is 4.40. The molecule has 1 atom stereocenters. The van der Waals surface area contributed by atoms with Crippen molar-refractivity contribution in [2.45, 2.75) is 13.0 Å². The molecule has 0 radical (unpaired) electrons. The molecule has 1 unspecified atom stereocenters. The van der Waals surface area contributed by atoms with Crippen LogP contribution >= 0.6 is 0 Å². The number of hydrogen-bond acceptors (Lipinski definition) is 5. The predicted molar refractivity (Wildman–Crippen MR) is 73.7 cm³/mol. The van der Waals surface area contributed by atoms with Crippen molar-refractivity contribution in [1.29, 1.82) is 0 Å². The molecule has 2 N–H and O–H groups in total. The fourth-order valence-electron chi connectivity index (χ4n) is 1.91. The molecule has 18 heavy (non-hydrogen) atoms. The Morgan fingerprint density at radius 3 is 2.89 bits per heavy atom. The van der Waals surface area contributed by atoms with Crippen LogP contribution in [0.15, 0.2) is 24.5 Å². The van der Waals surface area contributed by atoms with E-state index in [0.29, 0.717) is 5.69 Å². The number of nitrogen functional groups attached to an aromatic ring is 1. The van der Waals surface area contributed by atoms with Crippen molar-refractivity contribution in [2.75, 3.05) is 31.3 Å². The van der Waals surface area contributed by atoms with Gasteiger partial charge in [-0.1, -0.05) is 0 Å². The van der Waals surface area contributed by atoms with Gasteiger partial charge in [0.25, 0.3) is 0 Å². The van der Waals surface area contributed by atoms with Crippen LogP contribution in [0.1, 0.15) is 6.92 Å². The van der Waals surface area contributed by atoms with E-state index < -0.39 is 0 Å². The SMILES string of the molecule is COC(C)CN(C)c1ncnc2cc(N)ccc12. The molecule has 96 valence electrons. The number of aromatic nitrogens is 2. The first-order valence-corrected chi connectivity index (χ1v) is 5.86. The fourth-order valence-corrected chi connectivity index (χ4v) is 1.91. The summed E-state index contributed by atoms with van der Waals surface area (Å²) in [7, 11) is 3.70. The van der Waals surface area contributed by atoms with Crippen molar-refractivity contribution in [2.24, 2.45) is 0 Å². The average Bonchev–Trinajstić information content (AvgIpc) is 2.37. The first-order chi connectivity index (χ1) is 8.61. The van der Waals surface area contributed by atoms with E-state index in [0.717, 1.165) is 23.3 Å². The highest BCUT2D eigenvalue weighted by atomic mass is 16.5. The van der Waals surface area contributed by atoms with Crippen molar-refractivity contribution in [3.8, 4) is 0 Å². The lowest BCUT2D eigenvalue weighted by atomic mass is 10.2. The normalized spacial score (nSPS) is 12.6. The summed E-state index contributed by atoms with van der Waals surface area (Å²) in [5, 5.41) is 0.998. The van der Waals surface area contributed by atoms with Gasteiger partial charge in [-0.05, 0) is 25.1 Å². The van der Waals surface area contributed by atoms with Crippen LogP contribution in [0.25, 0.3) is 10.9 Å². The third kappa shape index (κ3) is 2.51. The van der Waals surface area contributed by atoms with Gasteiger partial charge in [-0.15, -0.1) is 0 Å². The van der Waals surface area contributed by atoms with Crippen molar-refractivity contribution in [3.63, 3.8) is 0 Å². The summed E-state index contributed by atoms with van der Waals surface area (Å²) in [6.45, 7) is 2.80. The van der Waals surface area contributed by atoms with Gasteiger partial charge in [0, 0.05) is 31.8 Å². The molecule has 0 bridgehead atoms. The molecule has 1 aromatic heterocycles. The summed E-state index contributed by atoms with van der Waals surface area (Å²) >= 11 is 0. The lowest BCUT2D eigenvalue weighted by Gasteiger charge is -2.22. The molecule has 0 aliphatic carbocycles. The van der Waals surface area contributed by atoms with Crippen molar-refractivity contribution >= 4 is 22.4 Å². The molecule has 0 aliphatic heterocycles. The number of likely N-dealkylation sites (N-methyl/N-ethyl adjacent to an activating group) is 1. The van der Waals surface area contributed by atoms with Crippen molar-refractivity contribution in [3.05, 3.63) is 24.5 Å². The van der Waals surface area contributed by atoms with Crippen LogP contribution in [-0.2, 0) is 4.74 Å². The Labute approximate surface area is 107 Å². The molecule has 0 saturated carbocycles. The van der Waals surface area contributed by atoms with Gasteiger partial charge in [-0.25, -0.2) is 9.97 Å². The molecular weight excluding hydrogens is 228 g/mol. The van der Waals surface area contributed by atoms with Crippen LogP contribution in [0.5, 0.6) is 0 Å². The second-order valence-corrected chi connectivity index (χ2v) is 4.40. The first-order valence-electron chi connectivity index (χ1n) is 5.86. The standard InChI is InChI=1S/C13H18N4O/c1-9(18-3)7-17(2)13-11-5-4-10(14)6-12(11)15-8-16-13/h4-6,8-9H,7,14H2,1-3H3. The summed E-state index contributed by atoms with van der Waals surface area (Å²) in [4.78, 5) is 10.6. The molecule has 0 spiro atoms. The summed E-state index contributed by atoms with van der Waals surface area (Å²) in [5.41, 5.74) is 7.32. The van der Waals surface area contributed by atoms with Crippen molar-refractivity contribution in [1.82, 2.24) is 9.97 Å². The van der Waals surface area contributed by atoms with Gasteiger partial charge in [-0.2, -0.15) is 0 Å². The molecule has 1 aromatic carbocycles. The zero-order valence-electron chi connectivity index (χ0n) is 10.9. The number of rotatable bonds is 4. The third-order valence-corrected chi connectivity index (χ3v) is 2.93. The number of fused-ring (bicyclic) bond motifs is 1. The van der Waals surface area contributed by atoms with Gasteiger partial charge in [0.1, 0.15) is 12.1 Å². The van der Waals surface area contributed by atoms with E-state index in [4.69, 9.17) is 10.5 Å². The molecule has 0 fully saturated rings. The number of nitrogens with zero attached hydrogens (tertiary/aromatic N) is 3. The number of methoxy groups -OCH3 is 1. The van der Waals surface area contributed by atoms with Gasteiger partial charge in [0.2, 0.25) is 0 Å². The van der Waals surface area contributed by atoms with E-state index in [-0.39, 0.29) is 6.10 Å². The van der Waals surface area contributed by atoms with Crippen LogP contribution in [0, 0.1) is 0 Å². The van der Waals surface area contributed by atoms with Crippen LogP contribution in [0.3, 0.4) is 0 Å². The van der Waals surface area contributed by atoms with Gasteiger partial charge in [-0.3, -0.25) is 0 Å². The monoisotopic (exact) mass is 246 g/mol. The second kappa shape index (κ2) is 5.18. The van der Waals surface area contributed by atoms with E-state index in [1.54, 1.807) is 13.4 Å². The first kappa shape index (κ1) is 12.6. The molecule has 0 aliphatic rings. The minimum atomic E-state index is 0.147. The predicted octanol–water partition coefficient (Wildman–Crippen LogP) is 1.68. The highest BCUT2D eigenvalue weighted by Gasteiger charge is 2.11. The molecule has 1 heterocycles. The highest BCUT2D eigenvalue weighted by molar-refractivity contribution is 5.91. The Hall–Kier alpha value is -1.88. The number of hydrogen-bond donors (Lipinski definition) is 1. The fraction of sp³-hybridized carbons (Fsp3) is 0.385. The Morgan fingerprint density at radius 2 is 2.17 bits per heavy atom. The molecule has 2 rings (SSSR count). The summed E-state index contributed by atoms with van der Waals surface area (Å²) in [5.74, 6) is 0.893. The van der Waals surface area contributed by atoms with Gasteiger partial charge in [0.05, 0.1) is 11.6 Å². The molecule has 0 saturated heterocycles. The minimum Gasteiger partial charge on any atom is -0.399 e. The summed E-state index contributed by atoms with van der Waals surface area (Å²) < 4.78 is 5.27. The molecule has 2 aromatic rings. The average molecular weight is 246 g/mol. The zero-order chi connectivity index (χ0) is 13.1. The minimum absolute atomic E-state index is 0.147. The Morgan fingerprint density at radius 1 is 1.39 bits per heavy atom. The number of anilines is 2. The van der Waals surface area contributed by atoms with E-state index in [9.17, 15) is 0 Å². The molecular formula is C13H18N4O. The third-order valence-electron chi connectivity index (χ3n) is 2.93. The maximum atomic E-state index is 5.76. The Kier molecular flexibility index (Phi) is 3.62. The Bertz CT molecular complexity index is 544. The highest BCUT2D eigenvalue weighted by Crippen LogP contribution is 2.23. The topological polar surface area (TPSA) is 64.3 Å². The quantitative estimate of drug-likeness (QED) is 0.832. The van der Waals surface area contributed by atoms with E-state index >= 15 is 0 Å². The van der Waals surface area contributed by atoms with Crippen LogP contribution < -0.4 is 10.6 Å².